The maximum Gasteiger partial charge on any atom is 0.253 e. The van der Waals surface area contributed by atoms with Gasteiger partial charge in [-0.2, -0.15) is 0 Å². The van der Waals surface area contributed by atoms with Crippen LogP contribution in [0.25, 0.3) is 0 Å². The Labute approximate surface area is 106 Å². The molecular weight excluding hydrogens is 230 g/mol. The summed E-state index contributed by atoms with van der Waals surface area (Å²) in [6.07, 6.45) is 0.594. The molecule has 0 radical (unpaired) electrons. The molecule has 0 aliphatic carbocycles. The number of rotatable bonds is 5. The van der Waals surface area contributed by atoms with Crippen LogP contribution in [0.15, 0.2) is 22.6 Å². The highest BCUT2D eigenvalue weighted by Crippen LogP contribution is 2.23. The molecule has 0 aliphatic heterocycles. The van der Waals surface area contributed by atoms with Gasteiger partial charge in [-0.15, -0.1) is 10.2 Å². The molecule has 5 nitrogen and oxygen atoms in total. The van der Waals surface area contributed by atoms with E-state index in [1.54, 1.807) is 0 Å². The summed E-state index contributed by atoms with van der Waals surface area (Å²) >= 11 is 0. The van der Waals surface area contributed by atoms with Gasteiger partial charge < -0.3 is 14.9 Å². The molecule has 96 valence electrons. The molecule has 2 N–H and O–H groups in total. The zero-order valence-corrected chi connectivity index (χ0v) is 10.6. The van der Waals surface area contributed by atoms with E-state index in [9.17, 15) is 0 Å². The SMILES string of the molecule is Cc1cccc(C)c1OCc1nnc(CCN)o1. The predicted molar refractivity (Wildman–Crippen MR) is 67.3 cm³/mol. The van der Waals surface area contributed by atoms with Crippen LogP contribution in [-0.4, -0.2) is 16.7 Å². The zero-order chi connectivity index (χ0) is 13.0. The van der Waals surface area contributed by atoms with Crippen molar-refractivity contribution in [3.63, 3.8) is 0 Å². The zero-order valence-electron chi connectivity index (χ0n) is 10.6. The van der Waals surface area contributed by atoms with Crippen LogP contribution in [0, 0.1) is 13.8 Å². The topological polar surface area (TPSA) is 74.2 Å². The van der Waals surface area contributed by atoms with Crippen molar-refractivity contribution >= 4 is 0 Å². The Hall–Kier alpha value is -1.88. The molecule has 0 saturated heterocycles. The second-order valence-electron chi connectivity index (χ2n) is 4.14. The number of aryl methyl sites for hydroxylation is 2. The van der Waals surface area contributed by atoms with Crippen LogP contribution in [0.2, 0.25) is 0 Å². The molecule has 1 aromatic heterocycles. The Bertz CT molecular complexity index is 502. The number of nitrogens with zero attached hydrogens (tertiary/aromatic N) is 2. The molecule has 1 heterocycles. The molecule has 0 bridgehead atoms. The molecule has 0 saturated carbocycles. The highest BCUT2D eigenvalue weighted by Gasteiger charge is 2.08. The summed E-state index contributed by atoms with van der Waals surface area (Å²) in [5.41, 5.74) is 7.60. The summed E-state index contributed by atoms with van der Waals surface area (Å²) in [5, 5.41) is 7.80. The first-order valence-electron chi connectivity index (χ1n) is 5.91. The van der Waals surface area contributed by atoms with Crippen LogP contribution in [0.3, 0.4) is 0 Å². The summed E-state index contributed by atoms with van der Waals surface area (Å²) in [6, 6.07) is 6.02. The van der Waals surface area contributed by atoms with E-state index < -0.39 is 0 Å². The van der Waals surface area contributed by atoms with E-state index in [4.69, 9.17) is 14.9 Å². The first-order chi connectivity index (χ1) is 8.70. The van der Waals surface area contributed by atoms with Gasteiger partial charge in [0, 0.05) is 13.0 Å². The lowest BCUT2D eigenvalue weighted by Crippen LogP contribution is -2.02. The molecule has 2 rings (SSSR count). The quantitative estimate of drug-likeness (QED) is 0.871. The average Bonchev–Trinajstić information content (AvgIpc) is 2.77. The Balaban J connectivity index is 2.02. The van der Waals surface area contributed by atoms with Crippen molar-refractivity contribution in [3.8, 4) is 5.75 Å². The van der Waals surface area contributed by atoms with Gasteiger partial charge in [-0.1, -0.05) is 18.2 Å². The maximum atomic E-state index is 5.72. The van der Waals surface area contributed by atoms with E-state index in [0.717, 1.165) is 16.9 Å². The Morgan fingerprint density at radius 1 is 1.17 bits per heavy atom. The lowest BCUT2D eigenvalue weighted by atomic mass is 10.1. The van der Waals surface area contributed by atoms with E-state index in [0.29, 0.717) is 24.7 Å². The Morgan fingerprint density at radius 2 is 1.83 bits per heavy atom. The van der Waals surface area contributed by atoms with E-state index in [1.807, 2.05) is 32.0 Å². The molecule has 0 atom stereocenters. The summed E-state index contributed by atoms with van der Waals surface area (Å²) < 4.78 is 11.1. The number of hydrogen-bond donors (Lipinski definition) is 1. The van der Waals surface area contributed by atoms with Crippen molar-refractivity contribution in [2.45, 2.75) is 26.9 Å². The summed E-state index contributed by atoms with van der Waals surface area (Å²) in [4.78, 5) is 0. The number of para-hydroxylation sites is 1. The van der Waals surface area contributed by atoms with Gasteiger partial charge in [0.25, 0.3) is 5.89 Å². The highest BCUT2D eigenvalue weighted by atomic mass is 16.5. The summed E-state index contributed by atoms with van der Waals surface area (Å²) in [5.74, 6) is 1.90. The second-order valence-corrected chi connectivity index (χ2v) is 4.14. The van der Waals surface area contributed by atoms with Crippen LogP contribution in [-0.2, 0) is 13.0 Å². The third kappa shape index (κ3) is 2.87. The predicted octanol–water partition coefficient (Wildman–Crippen LogP) is 1.77. The van der Waals surface area contributed by atoms with Gasteiger partial charge in [0.05, 0.1) is 0 Å². The van der Waals surface area contributed by atoms with Crippen molar-refractivity contribution in [2.24, 2.45) is 5.73 Å². The molecule has 5 heteroatoms. The summed E-state index contributed by atoms with van der Waals surface area (Å²) in [6.45, 7) is 4.80. The molecule has 0 aliphatic rings. The van der Waals surface area contributed by atoms with Gasteiger partial charge in [0.15, 0.2) is 6.61 Å². The van der Waals surface area contributed by atoms with Crippen molar-refractivity contribution < 1.29 is 9.15 Å². The van der Waals surface area contributed by atoms with Gasteiger partial charge >= 0.3 is 0 Å². The van der Waals surface area contributed by atoms with Crippen LogP contribution >= 0.6 is 0 Å². The minimum absolute atomic E-state index is 0.281. The number of hydrogen-bond acceptors (Lipinski definition) is 5. The van der Waals surface area contributed by atoms with Crippen LogP contribution < -0.4 is 10.5 Å². The molecule has 0 fully saturated rings. The van der Waals surface area contributed by atoms with Gasteiger partial charge in [-0.05, 0) is 25.0 Å². The molecule has 0 spiro atoms. The van der Waals surface area contributed by atoms with E-state index in [-0.39, 0.29) is 6.61 Å². The third-order valence-corrected chi connectivity index (χ3v) is 2.62. The van der Waals surface area contributed by atoms with Gasteiger partial charge in [-0.3, -0.25) is 0 Å². The van der Waals surface area contributed by atoms with E-state index >= 15 is 0 Å². The molecule has 0 unspecified atom stereocenters. The summed E-state index contributed by atoms with van der Waals surface area (Å²) in [7, 11) is 0. The highest BCUT2D eigenvalue weighted by molar-refractivity contribution is 5.39. The van der Waals surface area contributed by atoms with Crippen molar-refractivity contribution in [2.75, 3.05) is 6.54 Å². The van der Waals surface area contributed by atoms with Crippen molar-refractivity contribution in [1.29, 1.82) is 0 Å². The smallest absolute Gasteiger partial charge is 0.253 e. The second kappa shape index (κ2) is 5.64. The number of benzene rings is 1. The molecule has 1 aromatic carbocycles. The van der Waals surface area contributed by atoms with Crippen LogP contribution in [0.4, 0.5) is 0 Å². The standard InChI is InChI=1S/C13H17N3O2/c1-9-4-3-5-10(2)13(9)17-8-12-16-15-11(18-12)6-7-14/h3-5H,6-8,14H2,1-2H3. The first kappa shape index (κ1) is 12.6. The Morgan fingerprint density at radius 3 is 2.50 bits per heavy atom. The monoisotopic (exact) mass is 247 g/mol. The normalized spacial score (nSPS) is 10.6. The molecule has 18 heavy (non-hydrogen) atoms. The largest absolute Gasteiger partial charge is 0.483 e. The fraction of sp³-hybridized carbons (Fsp3) is 0.385. The van der Waals surface area contributed by atoms with Gasteiger partial charge in [0.1, 0.15) is 5.75 Å². The lowest BCUT2D eigenvalue weighted by molar-refractivity contribution is 0.256. The van der Waals surface area contributed by atoms with Crippen LogP contribution in [0.1, 0.15) is 22.9 Å². The molecule has 2 aromatic rings. The van der Waals surface area contributed by atoms with E-state index in [2.05, 4.69) is 10.2 Å². The van der Waals surface area contributed by atoms with Crippen molar-refractivity contribution in [1.82, 2.24) is 10.2 Å². The Kier molecular flexibility index (Phi) is 3.94. The van der Waals surface area contributed by atoms with Crippen LogP contribution in [0.5, 0.6) is 5.75 Å². The van der Waals surface area contributed by atoms with Gasteiger partial charge in [-0.25, -0.2) is 0 Å². The van der Waals surface area contributed by atoms with E-state index in [1.165, 1.54) is 0 Å². The minimum Gasteiger partial charge on any atom is -0.483 e. The van der Waals surface area contributed by atoms with Gasteiger partial charge in [0.2, 0.25) is 5.89 Å². The number of ether oxygens (including phenoxy) is 1. The lowest BCUT2D eigenvalue weighted by Gasteiger charge is -2.09. The fourth-order valence-corrected chi connectivity index (χ4v) is 1.73. The first-order valence-corrected chi connectivity index (χ1v) is 5.91. The minimum atomic E-state index is 0.281. The number of aromatic nitrogens is 2. The molecule has 0 amide bonds. The number of nitrogens with two attached hydrogens (primary N) is 1. The third-order valence-electron chi connectivity index (χ3n) is 2.62. The fourth-order valence-electron chi connectivity index (χ4n) is 1.73. The molecular formula is C13H17N3O2. The maximum absolute atomic E-state index is 5.72. The average molecular weight is 247 g/mol. The van der Waals surface area contributed by atoms with Crippen molar-refractivity contribution in [3.05, 3.63) is 41.1 Å².